The average molecular weight is 359 g/mol. The molecule has 2 saturated carbocycles. The van der Waals surface area contributed by atoms with Gasteiger partial charge in [-0.1, -0.05) is 0 Å². The molecule has 0 aliphatic heterocycles. The monoisotopic (exact) mass is 359 g/mol. The Balaban J connectivity index is 1.59. The summed E-state index contributed by atoms with van der Waals surface area (Å²) in [7, 11) is 0. The van der Waals surface area contributed by atoms with E-state index in [1.54, 1.807) is 6.20 Å². The highest BCUT2D eigenvalue weighted by atomic mass is 16.5. The standard InChI is InChI=1S/C19H29N5O2/c1-2-26-17-9-5-15(6-10-17)23-19-21-12-13(11-20)18(24-19)22-14-3-7-16(25)8-4-14/h12,14-17,25H,2-10H2,1H3,(H2,21,22,23,24)/t14-,15-,16+,17+. The number of hydrogen-bond acceptors (Lipinski definition) is 7. The summed E-state index contributed by atoms with van der Waals surface area (Å²) in [6.45, 7) is 2.81. The normalized spacial score (nSPS) is 29.0. The van der Waals surface area contributed by atoms with Gasteiger partial charge in [-0.3, -0.25) is 0 Å². The van der Waals surface area contributed by atoms with Gasteiger partial charge in [0.15, 0.2) is 0 Å². The van der Waals surface area contributed by atoms with Gasteiger partial charge >= 0.3 is 0 Å². The van der Waals surface area contributed by atoms with E-state index >= 15 is 0 Å². The molecule has 2 aliphatic carbocycles. The van der Waals surface area contributed by atoms with Crippen LogP contribution in [0.15, 0.2) is 6.20 Å². The molecule has 0 unspecified atom stereocenters. The number of hydrogen-bond donors (Lipinski definition) is 3. The van der Waals surface area contributed by atoms with E-state index < -0.39 is 0 Å². The first kappa shape index (κ1) is 18.9. The van der Waals surface area contributed by atoms with Gasteiger partial charge in [0.05, 0.1) is 18.4 Å². The molecule has 7 heteroatoms. The quantitative estimate of drug-likeness (QED) is 0.717. The molecule has 1 heterocycles. The second kappa shape index (κ2) is 9.15. The van der Waals surface area contributed by atoms with Crippen LogP contribution in [0.25, 0.3) is 0 Å². The Morgan fingerprint density at radius 1 is 1.12 bits per heavy atom. The van der Waals surface area contributed by atoms with Crippen LogP contribution >= 0.6 is 0 Å². The lowest BCUT2D eigenvalue weighted by molar-refractivity contribution is 0.0346. The fourth-order valence-corrected chi connectivity index (χ4v) is 3.85. The second-order valence-electron chi connectivity index (χ2n) is 7.29. The van der Waals surface area contributed by atoms with E-state index in [0.717, 1.165) is 58.0 Å². The van der Waals surface area contributed by atoms with Crippen LogP contribution in [0.4, 0.5) is 11.8 Å². The van der Waals surface area contributed by atoms with E-state index in [4.69, 9.17) is 4.74 Å². The summed E-state index contributed by atoms with van der Waals surface area (Å²) >= 11 is 0. The molecule has 2 aliphatic rings. The fourth-order valence-electron chi connectivity index (χ4n) is 3.85. The maximum absolute atomic E-state index is 9.65. The third-order valence-corrected chi connectivity index (χ3v) is 5.36. The Bertz CT molecular complexity index is 617. The van der Waals surface area contributed by atoms with Gasteiger partial charge in [0, 0.05) is 18.7 Å². The van der Waals surface area contributed by atoms with Gasteiger partial charge in [-0.25, -0.2) is 4.98 Å². The lowest BCUT2D eigenvalue weighted by atomic mass is 9.93. The van der Waals surface area contributed by atoms with E-state index in [0.29, 0.717) is 29.5 Å². The summed E-state index contributed by atoms with van der Waals surface area (Å²) in [6.07, 6.45) is 9.30. The van der Waals surface area contributed by atoms with Crippen LogP contribution in [-0.4, -0.2) is 46.0 Å². The van der Waals surface area contributed by atoms with Crippen LogP contribution in [0.5, 0.6) is 0 Å². The molecular weight excluding hydrogens is 330 g/mol. The van der Waals surface area contributed by atoms with Crippen LogP contribution in [-0.2, 0) is 4.74 Å². The molecule has 7 nitrogen and oxygen atoms in total. The summed E-state index contributed by atoms with van der Waals surface area (Å²) in [5, 5.41) is 25.8. The van der Waals surface area contributed by atoms with Gasteiger partial charge in [0.1, 0.15) is 17.5 Å². The number of aliphatic hydroxyl groups is 1. The number of nitrogens with zero attached hydrogens (tertiary/aromatic N) is 3. The molecule has 0 saturated heterocycles. The van der Waals surface area contributed by atoms with E-state index in [1.165, 1.54) is 0 Å². The van der Waals surface area contributed by atoms with Gasteiger partial charge in [-0.2, -0.15) is 10.2 Å². The number of aromatic nitrogens is 2. The van der Waals surface area contributed by atoms with Crippen molar-refractivity contribution in [2.45, 2.75) is 82.6 Å². The zero-order valence-corrected chi connectivity index (χ0v) is 15.4. The minimum atomic E-state index is -0.196. The summed E-state index contributed by atoms with van der Waals surface area (Å²) in [5.74, 6) is 1.16. The summed E-state index contributed by atoms with van der Waals surface area (Å²) in [4.78, 5) is 8.87. The van der Waals surface area contributed by atoms with Gasteiger partial charge in [0.25, 0.3) is 0 Å². The topological polar surface area (TPSA) is 103 Å². The van der Waals surface area contributed by atoms with E-state index in [2.05, 4.69) is 26.7 Å². The molecule has 1 aromatic rings. The third-order valence-electron chi connectivity index (χ3n) is 5.36. The highest BCUT2D eigenvalue weighted by Crippen LogP contribution is 2.25. The smallest absolute Gasteiger partial charge is 0.224 e. The first-order valence-corrected chi connectivity index (χ1v) is 9.77. The molecule has 1 aromatic heterocycles. The molecule has 142 valence electrons. The van der Waals surface area contributed by atoms with Gasteiger partial charge in [-0.05, 0) is 58.3 Å². The number of rotatable bonds is 6. The number of nitrogens with one attached hydrogen (secondary N) is 2. The molecule has 0 bridgehead atoms. The number of nitriles is 1. The molecule has 3 rings (SSSR count). The molecule has 0 spiro atoms. The van der Waals surface area contributed by atoms with Crippen molar-refractivity contribution in [3.63, 3.8) is 0 Å². The van der Waals surface area contributed by atoms with Gasteiger partial charge < -0.3 is 20.5 Å². The second-order valence-corrected chi connectivity index (χ2v) is 7.29. The van der Waals surface area contributed by atoms with Crippen LogP contribution in [0.3, 0.4) is 0 Å². The van der Waals surface area contributed by atoms with Crippen molar-refractivity contribution in [3.8, 4) is 6.07 Å². The van der Waals surface area contributed by atoms with Crippen molar-refractivity contribution in [2.75, 3.05) is 17.2 Å². The van der Waals surface area contributed by atoms with Crippen molar-refractivity contribution in [1.29, 1.82) is 5.26 Å². The highest BCUT2D eigenvalue weighted by molar-refractivity contribution is 5.54. The van der Waals surface area contributed by atoms with Crippen LogP contribution in [0.1, 0.15) is 63.9 Å². The van der Waals surface area contributed by atoms with E-state index in [1.807, 2.05) is 6.92 Å². The van der Waals surface area contributed by atoms with Crippen LogP contribution in [0.2, 0.25) is 0 Å². The van der Waals surface area contributed by atoms with Crippen molar-refractivity contribution >= 4 is 11.8 Å². The Labute approximate surface area is 155 Å². The minimum Gasteiger partial charge on any atom is -0.393 e. The predicted molar refractivity (Wildman–Crippen MR) is 99.9 cm³/mol. The molecule has 0 aromatic carbocycles. The van der Waals surface area contributed by atoms with Crippen molar-refractivity contribution in [2.24, 2.45) is 0 Å². The largest absolute Gasteiger partial charge is 0.393 e. The molecule has 2 fully saturated rings. The van der Waals surface area contributed by atoms with E-state index in [9.17, 15) is 10.4 Å². The lowest BCUT2D eigenvalue weighted by Gasteiger charge is -2.29. The van der Waals surface area contributed by atoms with Crippen molar-refractivity contribution in [3.05, 3.63) is 11.8 Å². The number of anilines is 2. The Morgan fingerprint density at radius 2 is 1.77 bits per heavy atom. The van der Waals surface area contributed by atoms with Crippen LogP contribution in [0, 0.1) is 11.3 Å². The third kappa shape index (κ3) is 5.05. The first-order chi connectivity index (χ1) is 12.7. The first-order valence-electron chi connectivity index (χ1n) is 9.77. The zero-order chi connectivity index (χ0) is 18.4. The fraction of sp³-hybridized carbons (Fsp3) is 0.737. The predicted octanol–water partition coefficient (Wildman–Crippen LogP) is 2.82. The molecular formula is C19H29N5O2. The SMILES string of the molecule is CCO[C@H]1CC[C@@H](Nc2ncc(C#N)c(N[C@H]3CC[C@@H](O)CC3)n2)CC1. The highest BCUT2D eigenvalue weighted by Gasteiger charge is 2.23. The average Bonchev–Trinajstić information content (AvgIpc) is 2.66. The molecule has 0 atom stereocenters. The van der Waals surface area contributed by atoms with E-state index in [-0.39, 0.29) is 12.1 Å². The molecule has 3 N–H and O–H groups in total. The van der Waals surface area contributed by atoms with Crippen molar-refractivity contribution in [1.82, 2.24) is 9.97 Å². The maximum Gasteiger partial charge on any atom is 0.224 e. The Morgan fingerprint density at radius 3 is 2.42 bits per heavy atom. The van der Waals surface area contributed by atoms with Crippen LogP contribution < -0.4 is 10.6 Å². The summed E-state index contributed by atoms with van der Waals surface area (Å²) in [6, 6.07) is 2.75. The lowest BCUT2D eigenvalue weighted by Crippen LogP contribution is -2.31. The molecule has 0 amide bonds. The summed E-state index contributed by atoms with van der Waals surface area (Å²) < 4.78 is 5.70. The number of ether oxygens (including phenoxy) is 1. The van der Waals surface area contributed by atoms with Crippen molar-refractivity contribution < 1.29 is 9.84 Å². The van der Waals surface area contributed by atoms with Gasteiger partial charge in [-0.15, -0.1) is 0 Å². The summed E-state index contributed by atoms with van der Waals surface area (Å²) in [5.41, 5.74) is 0.460. The number of aliphatic hydroxyl groups excluding tert-OH is 1. The zero-order valence-electron chi connectivity index (χ0n) is 15.4. The minimum absolute atomic E-state index is 0.196. The molecule has 0 radical (unpaired) electrons. The Hall–Kier alpha value is -1.91. The Kier molecular flexibility index (Phi) is 6.64. The van der Waals surface area contributed by atoms with Gasteiger partial charge in [0.2, 0.25) is 5.95 Å². The maximum atomic E-state index is 9.65. The molecule has 26 heavy (non-hydrogen) atoms.